The number of hydrogen-bond donors (Lipinski definition) is 0. The van der Waals surface area contributed by atoms with E-state index in [4.69, 9.17) is 35.4 Å². The van der Waals surface area contributed by atoms with Gasteiger partial charge in [0.05, 0.1) is 29.0 Å². The number of aryl methyl sites for hydroxylation is 1. The second kappa shape index (κ2) is 8.69. The molecule has 0 N–H and O–H groups in total. The molecule has 0 spiro atoms. The first-order valence-electron chi connectivity index (χ1n) is 11.2. The molecule has 4 heterocycles. The molecule has 0 aliphatic carbocycles. The Labute approximate surface area is 206 Å². The van der Waals surface area contributed by atoms with Crippen LogP contribution in [0.3, 0.4) is 0 Å². The van der Waals surface area contributed by atoms with E-state index in [1.165, 1.54) is 0 Å². The number of nitrogens with zero attached hydrogens (tertiary/aromatic N) is 2. The van der Waals surface area contributed by atoms with Gasteiger partial charge in [0.1, 0.15) is 12.4 Å². The van der Waals surface area contributed by atoms with Crippen molar-refractivity contribution in [2.45, 2.75) is 45.4 Å². The van der Waals surface area contributed by atoms with Gasteiger partial charge in [0.2, 0.25) is 5.60 Å². The smallest absolute Gasteiger partial charge is 0.506 e. The van der Waals surface area contributed by atoms with Crippen LogP contribution in [0.5, 0.6) is 5.75 Å². The molecule has 1 aromatic carbocycles. The zero-order valence-corrected chi connectivity index (χ0v) is 20.2. The number of benzene rings is 1. The van der Waals surface area contributed by atoms with E-state index in [0.29, 0.717) is 30.1 Å². The first-order valence-corrected chi connectivity index (χ1v) is 11.6. The summed E-state index contributed by atoms with van der Waals surface area (Å²) in [5.74, 6) is -0.0985. The van der Waals surface area contributed by atoms with Gasteiger partial charge < -0.3 is 23.3 Å². The van der Waals surface area contributed by atoms with Crippen molar-refractivity contribution in [2.75, 3.05) is 7.11 Å². The lowest BCUT2D eigenvalue weighted by molar-refractivity contribution is -0.171. The zero-order chi connectivity index (χ0) is 24.9. The Balaban J connectivity index is 1.74. The van der Waals surface area contributed by atoms with Crippen molar-refractivity contribution in [3.8, 4) is 17.1 Å². The molecule has 1 unspecified atom stereocenters. The maximum absolute atomic E-state index is 13.6. The van der Waals surface area contributed by atoms with Crippen LogP contribution < -0.4 is 10.2 Å². The average molecular weight is 497 g/mol. The molecule has 0 bridgehead atoms. The third kappa shape index (κ3) is 3.51. The van der Waals surface area contributed by atoms with E-state index >= 15 is 0 Å². The van der Waals surface area contributed by atoms with Crippen molar-refractivity contribution in [2.24, 2.45) is 0 Å². The third-order valence-corrected chi connectivity index (χ3v) is 6.77. The van der Waals surface area contributed by atoms with Crippen LogP contribution in [0.1, 0.15) is 42.5 Å². The molecule has 2 aromatic heterocycles. The molecular weight excluding hydrogens is 475 g/mol. The molecule has 0 saturated carbocycles. The van der Waals surface area contributed by atoms with E-state index in [-0.39, 0.29) is 37.4 Å². The van der Waals surface area contributed by atoms with E-state index in [9.17, 15) is 14.4 Å². The lowest BCUT2D eigenvalue weighted by atomic mass is 9.85. The van der Waals surface area contributed by atoms with E-state index in [1.807, 2.05) is 25.1 Å². The summed E-state index contributed by atoms with van der Waals surface area (Å²) >= 11 is 5.52. The summed E-state index contributed by atoms with van der Waals surface area (Å²) in [5, 5.41) is 0.933. The summed E-state index contributed by atoms with van der Waals surface area (Å²) in [6.45, 7) is 3.83. The van der Waals surface area contributed by atoms with Crippen molar-refractivity contribution in [3.05, 3.63) is 56.9 Å². The Hall–Kier alpha value is -3.37. The molecule has 0 saturated heterocycles. The Morgan fingerprint density at radius 3 is 2.74 bits per heavy atom. The number of cyclic esters (lactones) is 1. The number of rotatable bonds is 6. The Kier molecular flexibility index (Phi) is 5.81. The molecule has 3 aromatic rings. The number of aromatic nitrogens is 2. The van der Waals surface area contributed by atoms with Crippen LogP contribution >= 0.6 is 11.6 Å². The minimum absolute atomic E-state index is 0.0582. The van der Waals surface area contributed by atoms with Crippen molar-refractivity contribution in [1.29, 1.82) is 0 Å². The number of hydrogen-bond acceptors (Lipinski definition) is 8. The highest BCUT2D eigenvalue weighted by Crippen LogP contribution is 2.42. The fourth-order valence-electron chi connectivity index (χ4n) is 5.06. The van der Waals surface area contributed by atoms with Crippen LogP contribution in [0.4, 0.5) is 4.79 Å². The van der Waals surface area contributed by atoms with Crippen LogP contribution in [0.15, 0.2) is 29.1 Å². The highest BCUT2D eigenvalue weighted by molar-refractivity contribution is 6.61. The van der Waals surface area contributed by atoms with Gasteiger partial charge in [-0.3, -0.25) is 4.79 Å². The number of fused-ring (bicyclic) bond motifs is 5. The molecule has 0 amide bonds. The van der Waals surface area contributed by atoms with Crippen LogP contribution in [0, 0.1) is 0 Å². The molecule has 180 valence electrons. The minimum Gasteiger partial charge on any atom is -0.539 e. The fraction of sp³-hybridized carbons (Fsp3) is 0.333. The molecule has 35 heavy (non-hydrogen) atoms. The predicted molar refractivity (Wildman–Crippen MR) is 129 cm³/mol. The maximum Gasteiger partial charge on any atom is 0.506 e. The molecule has 11 heteroatoms. The van der Waals surface area contributed by atoms with Gasteiger partial charge in [0.15, 0.2) is 0 Å². The monoisotopic (exact) mass is 496 g/mol. The number of ether oxygens (including phenoxy) is 2. The van der Waals surface area contributed by atoms with Gasteiger partial charge >= 0.3 is 19.1 Å². The van der Waals surface area contributed by atoms with Crippen molar-refractivity contribution in [1.82, 2.24) is 9.55 Å². The second-order valence-electron chi connectivity index (χ2n) is 8.41. The maximum atomic E-state index is 13.6. The van der Waals surface area contributed by atoms with Crippen LogP contribution in [0.25, 0.3) is 22.3 Å². The number of carbonyl (C=O) groups is 2. The molecular formula is C24H22BClN2O7. The Morgan fingerprint density at radius 2 is 2.06 bits per heavy atom. The van der Waals surface area contributed by atoms with Crippen LogP contribution in [-0.4, -0.2) is 35.7 Å². The first kappa shape index (κ1) is 23.4. The van der Waals surface area contributed by atoms with Gasteiger partial charge in [-0.1, -0.05) is 13.8 Å². The van der Waals surface area contributed by atoms with Gasteiger partial charge in [-0.05, 0) is 42.7 Å². The van der Waals surface area contributed by atoms with Gasteiger partial charge in [0, 0.05) is 35.2 Å². The predicted octanol–water partition coefficient (Wildman–Crippen LogP) is 3.32. The highest BCUT2D eigenvalue weighted by atomic mass is 35.5. The number of esters is 1. The number of carbonyl (C=O) groups excluding carboxylic acids is 2. The van der Waals surface area contributed by atoms with E-state index < -0.39 is 17.0 Å². The van der Waals surface area contributed by atoms with Gasteiger partial charge in [-0.15, -0.1) is 0 Å². The fourth-order valence-corrected chi connectivity index (χ4v) is 5.19. The van der Waals surface area contributed by atoms with E-state index in [2.05, 4.69) is 0 Å². The van der Waals surface area contributed by atoms with Gasteiger partial charge in [-0.25, -0.2) is 14.6 Å². The topological polar surface area (TPSA) is 106 Å². The van der Waals surface area contributed by atoms with Crippen molar-refractivity contribution in [3.63, 3.8) is 0 Å². The lowest BCUT2D eigenvalue weighted by Crippen LogP contribution is -2.46. The summed E-state index contributed by atoms with van der Waals surface area (Å²) in [7, 11) is 1.69. The normalized spacial score (nSPS) is 17.9. The molecule has 2 aliphatic heterocycles. The van der Waals surface area contributed by atoms with Crippen molar-refractivity contribution >= 4 is 41.6 Å². The number of halogens is 1. The lowest BCUT2D eigenvalue weighted by Gasteiger charge is -2.34. The summed E-state index contributed by atoms with van der Waals surface area (Å²) in [6.07, 6.45) is 0.768. The average Bonchev–Trinajstić information content (AvgIpc) is 3.21. The minimum atomic E-state index is -1.79. The quantitative estimate of drug-likeness (QED) is 0.227. The molecule has 2 aliphatic rings. The summed E-state index contributed by atoms with van der Waals surface area (Å²) in [5.41, 5.74) is 1.22. The largest absolute Gasteiger partial charge is 0.539 e. The van der Waals surface area contributed by atoms with Gasteiger partial charge in [0.25, 0.3) is 5.56 Å². The molecule has 5 rings (SSSR count). The van der Waals surface area contributed by atoms with Crippen LogP contribution in [-0.2, 0) is 44.1 Å². The SMILES string of the molecule is CCc1c2c(nc3ccc(OBOC)cc13)-c1cc3c(c(=O)n1C2)COC(=O)C3(CC)OC(=O)Cl. The first-order chi connectivity index (χ1) is 16.8. The van der Waals surface area contributed by atoms with E-state index in [0.717, 1.165) is 22.0 Å². The van der Waals surface area contributed by atoms with Crippen molar-refractivity contribution < 1.29 is 28.4 Å². The summed E-state index contributed by atoms with van der Waals surface area (Å²) in [6, 6.07) is 7.31. The third-order valence-electron chi connectivity index (χ3n) is 6.70. The molecule has 0 fully saturated rings. The second-order valence-corrected chi connectivity index (χ2v) is 8.72. The molecule has 0 radical (unpaired) electrons. The zero-order valence-electron chi connectivity index (χ0n) is 19.5. The molecule has 1 atom stereocenters. The summed E-state index contributed by atoms with van der Waals surface area (Å²) in [4.78, 5) is 42.9. The standard InChI is InChI=1S/C24H22BClN2O7/c1-4-13-14-8-12(35-25-32-3)6-7-18(14)27-20-15(13)10-28-19(20)9-17-16(21(28)29)11-33-22(30)24(17,5-2)34-23(26)31/h6-9,25H,4-5,10-11H2,1-3H3. The van der Waals surface area contributed by atoms with Gasteiger partial charge in [-0.2, -0.15) is 0 Å². The summed E-state index contributed by atoms with van der Waals surface area (Å²) < 4.78 is 22.8. The Morgan fingerprint density at radius 1 is 1.26 bits per heavy atom. The Bertz CT molecular complexity index is 1450. The number of pyridine rings is 2. The molecule has 9 nitrogen and oxygen atoms in total. The highest BCUT2D eigenvalue weighted by Gasteiger charge is 2.50. The van der Waals surface area contributed by atoms with Crippen LogP contribution in [0.2, 0.25) is 0 Å². The van der Waals surface area contributed by atoms with E-state index in [1.54, 1.807) is 24.7 Å².